The standard InChI is InChI=1S/C60H34N6O/c61-35-36-21-25-54-44(31-36)45-32-37(64-50-17-5-1-11-40(50)41-12-2-6-18-51(41)64)22-26-55(45)66(54)39-24-28-57-49(34-39)60(46-15-9-29-62-58(46)59-47(60)16-10-30-63-59)48-33-38(23-27-56(48)67-57)65-52-19-7-3-13-42(52)43-14-4-8-20-53(43)65/h1-34H. The van der Waals surface area contributed by atoms with Gasteiger partial charge in [0.25, 0.3) is 0 Å². The van der Waals surface area contributed by atoms with E-state index < -0.39 is 5.41 Å². The predicted octanol–water partition coefficient (Wildman–Crippen LogP) is 14.1. The summed E-state index contributed by atoms with van der Waals surface area (Å²) in [6.07, 6.45) is 3.73. The number of aromatic nitrogens is 5. The maximum atomic E-state index is 10.2. The Balaban J connectivity index is 1.00. The van der Waals surface area contributed by atoms with Crippen LogP contribution in [0.15, 0.2) is 207 Å². The molecule has 0 saturated carbocycles. The average molecular weight is 855 g/mol. The number of hydrogen-bond donors (Lipinski definition) is 0. The molecule has 67 heavy (non-hydrogen) atoms. The van der Waals surface area contributed by atoms with Gasteiger partial charge in [0.15, 0.2) is 0 Å². The van der Waals surface area contributed by atoms with Crippen LogP contribution in [0.5, 0.6) is 11.5 Å². The highest BCUT2D eigenvalue weighted by Gasteiger charge is 2.52. The highest BCUT2D eigenvalue weighted by Crippen LogP contribution is 2.62. The quantitative estimate of drug-likeness (QED) is 0.177. The Hall–Kier alpha value is -9.25. The summed E-state index contributed by atoms with van der Waals surface area (Å²) in [4.78, 5) is 10.1. The lowest BCUT2D eigenvalue weighted by atomic mass is 9.66. The van der Waals surface area contributed by atoms with E-state index in [1.54, 1.807) is 0 Å². The molecule has 15 rings (SSSR count). The van der Waals surface area contributed by atoms with Crippen LogP contribution in [0.1, 0.15) is 27.8 Å². The summed E-state index contributed by atoms with van der Waals surface area (Å²) >= 11 is 0. The Kier molecular flexibility index (Phi) is 7.10. The Labute approximate surface area is 383 Å². The molecule has 0 unspecified atom stereocenters. The van der Waals surface area contributed by atoms with Gasteiger partial charge in [0.1, 0.15) is 11.5 Å². The molecular formula is C60H34N6O. The van der Waals surface area contributed by atoms with Crippen LogP contribution in [0.25, 0.3) is 93.9 Å². The Morgan fingerprint density at radius 3 is 1.25 bits per heavy atom. The van der Waals surface area contributed by atoms with Crippen molar-refractivity contribution in [3.8, 4) is 46.0 Å². The molecule has 2 aliphatic rings. The van der Waals surface area contributed by atoms with E-state index in [4.69, 9.17) is 14.7 Å². The fourth-order valence-electron chi connectivity index (χ4n) is 11.8. The van der Waals surface area contributed by atoms with Crippen molar-refractivity contribution < 1.29 is 4.74 Å². The first-order chi connectivity index (χ1) is 33.2. The van der Waals surface area contributed by atoms with Crippen molar-refractivity contribution >= 4 is 65.4 Å². The van der Waals surface area contributed by atoms with Gasteiger partial charge >= 0.3 is 0 Å². The van der Waals surface area contributed by atoms with Crippen molar-refractivity contribution in [3.63, 3.8) is 0 Å². The molecule has 310 valence electrons. The van der Waals surface area contributed by atoms with Gasteiger partial charge in [-0.25, -0.2) is 0 Å². The summed E-state index contributed by atoms with van der Waals surface area (Å²) in [5.74, 6) is 1.56. The molecule has 0 atom stereocenters. The molecule has 7 heteroatoms. The van der Waals surface area contributed by atoms with E-state index >= 15 is 0 Å². The topological polar surface area (TPSA) is 73.6 Å². The Morgan fingerprint density at radius 2 is 0.776 bits per heavy atom. The first-order valence-corrected chi connectivity index (χ1v) is 22.5. The van der Waals surface area contributed by atoms with Crippen LogP contribution in [-0.2, 0) is 5.41 Å². The van der Waals surface area contributed by atoms with Crippen molar-refractivity contribution in [1.29, 1.82) is 5.26 Å². The largest absolute Gasteiger partial charge is 0.457 e. The minimum absolute atomic E-state index is 0.612. The molecular weight excluding hydrogens is 821 g/mol. The Morgan fingerprint density at radius 1 is 0.373 bits per heavy atom. The van der Waals surface area contributed by atoms with E-state index in [2.05, 4.69) is 190 Å². The normalized spacial score (nSPS) is 13.3. The highest BCUT2D eigenvalue weighted by molar-refractivity contribution is 6.13. The maximum absolute atomic E-state index is 10.2. The maximum Gasteiger partial charge on any atom is 0.132 e. The summed E-state index contributed by atoms with van der Waals surface area (Å²) in [5, 5.41) is 17.1. The zero-order valence-electron chi connectivity index (χ0n) is 35.7. The molecule has 0 radical (unpaired) electrons. The van der Waals surface area contributed by atoms with E-state index in [0.29, 0.717) is 5.56 Å². The second kappa shape index (κ2) is 13.2. The minimum atomic E-state index is -0.836. The van der Waals surface area contributed by atoms with Gasteiger partial charge in [-0.2, -0.15) is 5.26 Å². The van der Waals surface area contributed by atoms with Gasteiger partial charge in [0, 0.05) is 72.9 Å². The molecule has 0 saturated heterocycles. The van der Waals surface area contributed by atoms with E-state index in [9.17, 15) is 5.26 Å². The minimum Gasteiger partial charge on any atom is -0.457 e. The van der Waals surface area contributed by atoms with E-state index in [1.807, 2.05) is 36.7 Å². The number of hydrogen-bond acceptors (Lipinski definition) is 4. The first kappa shape index (κ1) is 36.1. The van der Waals surface area contributed by atoms with Crippen LogP contribution < -0.4 is 4.74 Å². The molecule has 0 N–H and O–H groups in total. The number of benzene rings is 8. The Bertz CT molecular complexity index is 4200. The predicted molar refractivity (Wildman–Crippen MR) is 267 cm³/mol. The lowest BCUT2D eigenvalue weighted by Gasteiger charge is -2.39. The monoisotopic (exact) mass is 854 g/mol. The van der Waals surface area contributed by atoms with E-state index in [-0.39, 0.29) is 0 Å². The lowest BCUT2D eigenvalue weighted by molar-refractivity contribution is 0.436. The molecule has 0 amide bonds. The molecule has 0 fully saturated rings. The van der Waals surface area contributed by atoms with Crippen LogP contribution in [0.2, 0.25) is 0 Å². The van der Waals surface area contributed by atoms with Gasteiger partial charge in [-0.3, -0.25) is 9.97 Å². The van der Waals surface area contributed by atoms with Crippen LogP contribution in [-0.4, -0.2) is 23.7 Å². The molecule has 1 aliphatic heterocycles. The third-order valence-corrected chi connectivity index (χ3v) is 14.4. The lowest BCUT2D eigenvalue weighted by Crippen LogP contribution is -2.32. The van der Waals surface area contributed by atoms with Crippen LogP contribution in [0, 0.1) is 11.3 Å². The van der Waals surface area contributed by atoms with Gasteiger partial charge < -0.3 is 18.4 Å². The zero-order chi connectivity index (χ0) is 44.0. The van der Waals surface area contributed by atoms with Gasteiger partial charge in [0.2, 0.25) is 0 Å². The van der Waals surface area contributed by atoms with Crippen LogP contribution in [0.4, 0.5) is 0 Å². The molecule has 6 heterocycles. The molecule has 8 aromatic carbocycles. The highest BCUT2D eigenvalue weighted by atomic mass is 16.5. The van der Waals surface area contributed by atoms with E-state index in [0.717, 1.165) is 106 Å². The third kappa shape index (κ3) is 4.68. The summed E-state index contributed by atoms with van der Waals surface area (Å²) in [6, 6.07) is 71.3. The fraction of sp³-hybridized carbons (Fsp3) is 0.0167. The fourth-order valence-corrected chi connectivity index (χ4v) is 11.8. The van der Waals surface area contributed by atoms with Gasteiger partial charge in [-0.15, -0.1) is 0 Å². The first-order valence-electron chi connectivity index (χ1n) is 22.5. The number of nitriles is 1. The number of fused-ring (bicyclic) bond motifs is 18. The molecule has 1 spiro atoms. The van der Waals surface area contributed by atoms with Crippen LogP contribution >= 0.6 is 0 Å². The molecule has 1 aliphatic carbocycles. The SMILES string of the molecule is N#Cc1ccc2c(c1)c1cc(-n3c4ccccc4c4ccccc43)ccc1n2-c1ccc2c(c1)C1(c3cc(-n4c5ccccc5c5ccccc54)ccc3O2)c2cccnc2-c2ncccc21. The van der Waals surface area contributed by atoms with Gasteiger partial charge in [0.05, 0.1) is 61.5 Å². The third-order valence-electron chi connectivity index (χ3n) is 14.4. The summed E-state index contributed by atoms with van der Waals surface area (Å²) in [7, 11) is 0. The summed E-state index contributed by atoms with van der Waals surface area (Å²) < 4.78 is 14.1. The number of nitrogens with zero attached hydrogens (tertiary/aromatic N) is 6. The summed E-state index contributed by atoms with van der Waals surface area (Å²) in [5.41, 5.74) is 15.3. The van der Waals surface area contributed by atoms with Crippen molar-refractivity contribution in [2.45, 2.75) is 5.41 Å². The summed E-state index contributed by atoms with van der Waals surface area (Å²) in [6.45, 7) is 0. The number of para-hydroxylation sites is 4. The van der Waals surface area contributed by atoms with Crippen molar-refractivity contribution in [2.24, 2.45) is 0 Å². The smallest absolute Gasteiger partial charge is 0.132 e. The zero-order valence-corrected chi connectivity index (χ0v) is 35.7. The molecule has 7 nitrogen and oxygen atoms in total. The van der Waals surface area contributed by atoms with E-state index in [1.165, 1.54) is 21.5 Å². The average Bonchev–Trinajstić information content (AvgIpc) is 4.10. The number of ether oxygens (including phenoxy) is 1. The van der Waals surface area contributed by atoms with Crippen molar-refractivity contribution in [2.75, 3.05) is 0 Å². The van der Waals surface area contributed by atoms with Crippen molar-refractivity contribution in [1.82, 2.24) is 23.7 Å². The molecule has 13 aromatic rings. The van der Waals surface area contributed by atoms with Gasteiger partial charge in [-0.1, -0.05) is 84.9 Å². The second-order valence-electron chi connectivity index (χ2n) is 17.6. The number of pyridine rings is 2. The molecule has 0 bridgehead atoms. The van der Waals surface area contributed by atoms with Crippen molar-refractivity contribution in [3.05, 3.63) is 234 Å². The number of rotatable bonds is 3. The molecule has 5 aromatic heterocycles. The van der Waals surface area contributed by atoms with Crippen LogP contribution in [0.3, 0.4) is 0 Å². The second-order valence-corrected chi connectivity index (χ2v) is 17.6. The van der Waals surface area contributed by atoms with Gasteiger partial charge in [-0.05, 0) is 120 Å².